The molecule has 17 heavy (non-hydrogen) atoms. The zero-order valence-corrected chi connectivity index (χ0v) is 9.72. The molecule has 1 aromatic carbocycles. The van der Waals surface area contributed by atoms with E-state index in [0.717, 1.165) is 18.7 Å². The molecule has 1 aromatic rings. The number of carbonyl (C=O) groups is 1. The normalized spacial score (nSPS) is 20.0. The molecule has 92 valence electrons. The Balaban J connectivity index is 2.04. The van der Waals surface area contributed by atoms with Gasteiger partial charge in [0.25, 0.3) is 0 Å². The first kappa shape index (κ1) is 12.0. The molecule has 5 heteroatoms. The molecule has 1 fully saturated rings. The number of amides is 1. The van der Waals surface area contributed by atoms with Gasteiger partial charge in [0.1, 0.15) is 5.82 Å². The van der Waals surface area contributed by atoms with Crippen LogP contribution in [0.25, 0.3) is 0 Å². The number of hydrogen-bond donors (Lipinski definition) is 3. The summed E-state index contributed by atoms with van der Waals surface area (Å²) in [6.45, 7) is 4.02. The van der Waals surface area contributed by atoms with Gasteiger partial charge >= 0.3 is 0 Å². The Morgan fingerprint density at radius 1 is 1.47 bits per heavy atom. The molecule has 0 aromatic heterocycles. The van der Waals surface area contributed by atoms with Crippen LogP contribution in [0.1, 0.15) is 5.56 Å². The summed E-state index contributed by atoms with van der Waals surface area (Å²) in [4.78, 5) is 11.9. The predicted molar refractivity (Wildman–Crippen MR) is 64.4 cm³/mol. The number of rotatable bonds is 2. The maximum atomic E-state index is 13.4. The Morgan fingerprint density at radius 3 is 3.00 bits per heavy atom. The fourth-order valence-electron chi connectivity index (χ4n) is 1.79. The minimum absolute atomic E-state index is 0.207. The van der Waals surface area contributed by atoms with Gasteiger partial charge in [0.05, 0.1) is 11.7 Å². The second-order valence-electron chi connectivity index (χ2n) is 4.18. The number of piperazine rings is 1. The van der Waals surface area contributed by atoms with E-state index in [1.807, 2.05) is 6.92 Å². The summed E-state index contributed by atoms with van der Waals surface area (Å²) in [6, 6.07) is 4.36. The second-order valence-corrected chi connectivity index (χ2v) is 4.18. The van der Waals surface area contributed by atoms with E-state index < -0.39 is 5.82 Å². The SMILES string of the molecule is Cc1ccc(F)c(NC(=O)C2CNCCN2)c1. The lowest BCUT2D eigenvalue weighted by atomic mass is 10.2. The van der Waals surface area contributed by atoms with Gasteiger partial charge in [-0.2, -0.15) is 0 Å². The molecule has 1 amide bonds. The number of aryl methyl sites for hydroxylation is 1. The lowest BCUT2D eigenvalue weighted by Gasteiger charge is -2.23. The molecule has 1 saturated heterocycles. The van der Waals surface area contributed by atoms with Gasteiger partial charge < -0.3 is 16.0 Å². The van der Waals surface area contributed by atoms with Crippen LogP contribution >= 0.6 is 0 Å². The number of nitrogens with one attached hydrogen (secondary N) is 3. The van der Waals surface area contributed by atoms with Crippen LogP contribution in [0.3, 0.4) is 0 Å². The highest BCUT2D eigenvalue weighted by atomic mass is 19.1. The van der Waals surface area contributed by atoms with Crippen LogP contribution in [-0.2, 0) is 4.79 Å². The first-order chi connectivity index (χ1) is 8.16. The van der Waals surface area contributed by atoms with Crippen molar-refractivity contribution >= 4 is 11.6 Å². The first-order valence-electron chi connectivity index (χ1n) is 5.68. The monoisotopic (exact) mass is 237 g/mol. The number of hydrogen-bond acceptors (Lipinski definition) is 3. The van der Waals surface area contributed by atoms with Crippen LogP contribution in [0, 0.1) is 12.7 Å². The summed E-state index contributed by atoms with van der Waals surface area (Å²) in [6.07, 6.45) is 0. The zero-order chi connectivity index (χ0) is 12.3. The smallest absolute Gasteiger partial charge is 0.242 e. The maximum absolute atomic E-state index is 13.4. The van der Waals surface area contributed by atoms with E-state index in [0.29, 0.717) is 6.54 Å². The Kier molecular flexibility index (Phi) is 3.71. The van der Waals surface area contributed by atoms with Crippen LogP contribution in [0.4, 0.5) is 10.1 Å². The summed E-state index contributed by atoms with van der Waals surface area (Å²) in [5.74, 6) is -0.616. The van der Waals surface area contributed by atoms with E-state index in [1.165, 1.54) is 6.07 Å². The van der Waals surface area contributed by atoms with Crippen LogP contribution < -0.4 is 16.0 Å². The minimum Gasteiger partial charge on any atom is -0.322 e. The summed E-state index contributed by atoms with van der Waals surface area (Å²) in [5.41, 5.74) is 1.15. The van der Waals surface area contributed by atoms with Crippen LogP contribution in [0.5, 0.6) is 0 Å². The molecule has 0 saturated carbocycles. The lowest BCUT2D eigenvalue weighted by molar-refractivity contribution is -0.118. The summed E-state index contributed by atoms with van der Waals surface area (Å²) in [7, 11) is 0. The third-order valence-electron chi connectivity index (χ3n) is 2.74. The van der Waals surface area contributed by atoms with Gasteiger partial charge in [0.15, 0.2) is 0 Å². The maximum Gasteiger partial charge on any atom is 0.242 e. The molecule has 0 bridgehead atoms. The molecule has 1 aliphatic heterocycles. The van der Waals surface area contributed by atoms with Crippen molar-refractivity contribution in [2.24, 2.45) is 0 Å². The second kappa shape index (κ2) is 5.25. The fraction of sp³-hybridized carbons (Fsp3) is 0.417. The van der Waals surface area contributed by atoms with Crippen molar-refractivity contribution in [3.8, 4) is 0 Å². The molecule has 1 heterocycles. The van der Waals surface area contributed by atoms with Crippen molar-refractivity contribution in [3.63, 3.8) is 0 Å². The quantitative estimate of drug-likeness (QED) is 0.707. The van der Waals surface area contributed by atoms with Crippen molar-refractivity contribution in [1.29, 1.82) is 0 Å². The van der Waals surface area contributed by atoms with Crippen LogP contribution in [-0.4, -0.2) is 31.6 Å². The molecule has 1 aliphatic rings. The molecule has 2 rings (SSSR count). The molecule has 1 unspecified atom stereocenters. The Bertz CT molecular complexity index is 416. The summed E-state index contributed by atoms with van der Waals surface area (Å²) < 4.78 is 13.4. The van der Waals surface area contributed by atoms with E-state index in [4.69, 9.17) is 0 Å². The van der Waals surface area contributed by atoms with Gasteiger partial charge in [0.2, 0.25) is 5.91 Å². The third kappa shape index (κ3) is 3.01. The van der Waals surface area contributed by atoms with Crippen molar-refractivity contribution in [2.75, 3.05) is 25.0 Å². The van der Waals surface area contributed by atoms with E-state index in [-0.39, 0.29) is 17.6 Å². The number of halogens is 1. The van der Waals surface area contributed by atoms with Gasteiger partial charge in [-0.3, -0.25) is 4.79 Å². The summed E-state index contributed by atoms with van der Waals surface area (Å²) in [5, 5.41) is 8.79. The first-order valence-corrected chi connectivity index (χ1v) is 5.68. The van der Waals surface area contributed by atoms with E-state index >= 15 is 0 Å². The average Bonchev–Trinajstić information content (AvgIpc) is 2.35. The third-order valence-corrected chi connectivity index (χ3v) is 2.74. The summed E-state index contributed by atoms with van der Waals surface area (Å²) >= 11 is 0. The predicted octanol–water partition coefficient (Wildman–Crippen LogP) is 0.634. The van der Waals surface area contributed by atoms with E-state index in [9.17, 15) is 9.18 Å². The highest BCUT2D eigenvalue weighted by molar-refractivity contribution is 5.95. The molecule has 0 aliphatic carbocycles. The molecule has 1 atom stereocenters. The zero-order valence-electron chi connectivity index (χ0n) is 9.72. The highest BCUT2D eigenvalue weighted by Gasteiger charge is 2.20. The molecular weight excluding hydrogens is 221 g/mol. The largest absolute Gasteiger partial charge is 0.322 e. The standard InChI is InChI=1S/C12H16FN3O/c1-8-2-3-9(13)10(6-8)16-12(17)11-7-14-4-5-15-11/h2-3,6,11,14-15H,4-5,7H2,1H3,(H,16,17). The van der Waals surface area contributed by atoms with Crippen molar-refractivity contribution < 1.29 is 9.18 Å². The Hall–Kier alpha value is -1.46. The van der Waals surface area contributed by atoms with Crippen molar-refractivity contribution in [2.45, 2.75) is 13.0 Å². The number of benzene rings is 1. The van der Waals surface area contributed by atoms with E-state index in [1.54, 1.807) is 12.1 Å². The number of carbonyl (C=O) groups excluding carboxylic acids is 1. The topological polar surface area (TPSA) is 53.2 Å². The fourth-order valence-corrected chi connectivity index (χ4v) is 1.79. The van der Waals surface area contributed by atoms with Crippen LogP contribution in [0.15, 0.2) is 18.2 Å². The average molecular weight is 237 g/mol. The van der Waals surface area contributed by atoms with Gasteiger partial charge in [0, 0.05) is 19.6 Å². The minimum atomic E-state index is -0.410. The van der Waals surface area contributed by atoms with Crippen LogP contribution in [0.2, 0.25) is 0 Å². The Morgan fingerprint density at radius 2 is 2.29 bits per heavy atom. The Labute approximate surface area is 99.6 Å². The lowest BCUT2D eigenvalue weighted by Crippen LogP contribution is -2.54. The van der Waals surface area contributed by atoms with Crippen molar-refractivity contribution in [3.05, 3.63) is 29.6 Å². The van der Waals surface area contributed by atoms with Gasteiger partial charge in [-0.05, 0) is 24.6 Å². The van der Waals surface area contributed by atoms with Gasteiger partial charge in [-0.1, -0.05) is 6.07 Å². The van der Waals surface area contributed by atoms with Gasteiger partial charge in [-0.15, -0.1) is 0 Å². The molecule has 3 N–H and O–H groups in total. The molecular formula is C12H16FN3O. The van der Waals surface area contributed by atoms with Crippen molar-refractivity contribution in [1.82, 2.24) is 10.6 Å². The molecule has 0 radical (unpaired) electrons. The molecule has 4 nitrogen and oxygen atoms in total. The highest BCUT2D eigenvalue weighted by Crippen LogP contribution is 2.15. The number of anilines is 1. The van der Waals surface area contributed by atoms with Gasteiger partial charge in [-0.25, -0.2) is 4.39 Å². The molecule has 0 spiro atoms. The van der Waals surface area contributed by atoms with E-state index in [2.05, 4.69) is 16.0 Å².